The Hall–Kier alpha value is -1.32. The Morgan fingerprint density at radius 3 is 2.87 bits per heavy atom. The summed E-state index contributed by atoms with van der Waals surface area (Å²) in [4.78, 5) is 11.2. The lowest BCUT2D eigenvalue weighted by Crippen LogP contribution is -2.13. The summed E-state index contributed by atoms with van der Waals surface area (Å²) < 4.78 is 14.9. The SMILES string of the molecule is CC(F)c1cc(=O)c(O)cn1CC1CC1. The molecule has 0 amide bonds. The standard InChI is InChI=1S/C11H14FNO2/c1-7(12)9-4-10(14)11(15)6-13(9)5-8-2-3-8/h4,6-8,15H,2-3,5H2,1H3. The van der Waals surface area contributed by atoms with Crippen molar-refractivity contribution in [3.05, 3.63) is 28.2 Å². The highest BCUT2D eigenvalue weighted by atomic mass is 19.1. The van der Waals surface area contributed by atoms with Crippen molar-refractivity contribution in [2.24, 2.45) is 5.92 Å². The van der Waals surface area contributed by atoms with E-state index in [-0.39, 0.29) is 5.75 Å². The van der Waals surface area contributed by atoms with Crippen LogP contribution in [0.1, 0.15) is 31.6 Å². The topological polar surface area (TPSA) is 42.2 Å². The molecule has 1 aromatic rings. The van der Waals surface area contributed by atoms with Gasteiger partial charge in [-0.1, -0.05) is 0 Å². The van der Waals surface area contributed by atoms with Crippen LogP contribution >= 0.6 is 0 Å². The highest BCUT2D eigenvalue weighted by molar-refractivity contribution is 5.21. The minimum atomic E-state index is -1.18. The molecule has 2 rings (SSSR count). The van der Waals surface area contributed by atoms with Crippen LogP contribution in [0.25, 0.3) is 0 Å². The molecule has 15 heavy (non-hydrogen) atoms. The Bertz CT molecular complexity index is 421. The molecule has 1 atom stereocenters. The van der Waals surface area contributed by atoms with Gasteiger partial charge in [0.1, 0.15) is 6.17 Å². The fraction of sp³-hybridized carbons (Fsp3) is 0.545. The summed E-state index contributed by atoms with van der Waals surface area (Å²) in [5.74, 6) is 0.268. The lowest BCUT2D eigenvalue weighted by atomic mass is 10.2. The van der Waals surface area contributed by atoms with Gasteiger partial charge in [-0.15, -0.1) is 0 Å². The zero-order valence-corrected chi connectivity index (χ0v) is 8.61. The molecule has 0 aliphatic heterocycles. The summed E-state index contributed by atoms with van der Waals surface area (Å²) in [6.45, 7) is 2.09. The minimum Gasteiger partial charge on any atom is -0.503 e. The summed E-state index contributed by atoms with van der Waals surface area (Å²) in [6, 6.07) is 1.18. The monoisotopic (exact) mass is 211 g/mol. The van der Waals surface area contributed by atoms with Crippen molar-refractivity contribution < 1.29 is 9.50 Å². The average Bonchev–Trinajstić information content (AvgIpc) is 2.94. The van der Waals surface area contributed by atoms with Crippen LogP contribution in [-0.4, -0.2) is 9.67 Å². The summed E-state index contributed by atoms with van der Waals surface area (Å²) in [7, 11) is 0. The molecule has 82 valence electrons. The number of alkyl halides is 1. The van der Waals surface area contributed by atoms with Crippen molar-refractivity contribution in [3.63, 3.8) is 0 Å². The van der Waals surface area contributed by atoms with E-state index in [9.17, 15) is 14.3 Å². The van der Waals surface area contributed by atoms with E-state index in [4.69, 9.17) is 0 Å². The van der Waals surface area contributed by atoms with Crippen LogP contribution in [0.4, 0.5) is 4.39 Å². The van der Waals surface area contributed by atoms with E-state index in [2.05, 4.69) is 0 Å². The van der Waals surface area contributed by atoms with Gasteiger partial charge in [0, 0.05) is 12.6 Å². The van der Waals surface area contributed by atoms with Crippen molar-refractivity contribution >= 4 is 0 Å². The molecule has 1 N–H and O–H groups in total. The molecule has 0 saturated heterocycles. The first-order valence-corrected chi connectivity index (χ1v) is 5.15. The van der Waals surface area contributed by atoms with E-state index in [1.54, 1.807) is 4.57 Å². The number of hydrogen-bond acceptors (Lipinski definition) is 2. The summed E-state index contributed by atoms with van der Waals surface area (Å²) in [6.07, 6.45) is 2.45. The highest BCUT2D eigenvalue weighted by Crippen LogP contribution is 2.32. The second-order valence-electron chi connectivity index (χ2n) is 4.16. The molecule has 0 aromatic carbocycles. The van der Waals surface area contributed by atoms with Crippen LogP contribution in [0, 0.1) is 5.92 Å². The molecule has 0 bridgehead atoms. The van der Waals surface area contributed by atoms with E-state index in [1.807, 2.05) is 0 Å². The van der Waals surface area contributed by atoms with E-state index in [0.29, 0.717) is 18.2 Å². The number of hydrogen-bond donors (Lipinski definition) is 1. The molecule has 1 fully saturated rings. The van der Waals surface area contributed by atoms with Gasteiger partial charge < -0.3 is 9.67 Å². The highest BCUT2D eigenvalue weighted by Gasteiger charge is 2.23. The summed E-state index contributed by atoms with van der Waals surface area (Å²) in [5.41, 5.74) is -0.161. The number of rotatable bonds is 3. The molecule has 1 saturated carbocycles. The van der Waals surface area contributed by atoms with Crippen LogP contribution in [0.15, 0.2) is 17.1 Å². The smallest absolute Gasteiger partial charge is 0.223 e. The molecule has 1 heterocycles. The lowest BCUT2D eigenvalue weighted by molar-refractivity contribution is 0.345. The molecule has 1 unspecified atom stereocenters. The van der Waals surface area contributed by atoms with Gasteiger partial charge in [0.2, 0.25) is 5.43 Å². The van der Waals surface area contributed by atoms with Crippen molar-refractivity contribution in [3.8, 4) is 5.75 Å². The summed E-state index contributed by atoms with van der Waals surface area (Å²) in [5, 5.41) is 9.28. The van der Waals surface area contributed by atoms with Gasteiger partial charge >= 0.3 is 0 Å². The first kappa shape index (κ1) is 10.2. The average molecular weight is 211 g/mol. The maximum Gasteiger partial charge on any atom is 0.223 e. The molecule has 4 heteroatoms. The van der Waals surface area contributed by atoms with Crippen molar-refractivity contribution in [1.29, 1.82) is 0 Å². The fourth-order valence-corrected chi connectivity index (χ4v) is 1.66. The van der Waals surface area contributed by atoms with Gasteiger partial charge in [-0.2, -0.15) is 0 Å². The molecule has 1 aliphatic rings. The van der Waals surface area contributed by atoms with Crippen molar-refractivity contribution in [2.75, 3.05) is 0 Å². The first-order chi connectivity index (χ1) is 7.08. The maximum absolute atomic E-state index is 13.2. The Balaban J connectivity index is 2.39. The molecular formula is C11H14FNO2. The molecule has 0 radical (unpaired) electrons. The Kier molecular flexibility index (Phi) is 2.50. The zero-order chi connectivity index (χ0) is 11.0. The van der Waals surface area contributed by atoms with Crippen LogP contribution < -0.4 is 5.43 Å². The largest absolute Gasteiger partial charge is 0.503 e. The first-order valence-electron chi connectivity index (χ1n) is 5.15. The third kappa shape index (κ3) is 2.19. The van der Waals surface area contributed by atoms with E-state index in [0.717, 1.165) is 12.8 Å². The van der Waals surface area contributed by atoms with E-state index >= 15 is 0 Å². The van der Waals surface area contributed by atoms with Gasteiger partial charge in [0.15, 0.2) is 5.75 Å². The molecular weight excluding hydrogens is 197 g/mol. The number of aromatic nitrogens is 1. The quantitative estimate of drug-likeness (QED) is 0.830. The number of aromatic hydroxyl groups is 1. The van der Waals surface area contributed by atoms with E-state index < -0.39 is 11.6 Å². The molecule has 3 nitrogen and oxygen atoms in total. The second-order valence-corrected chi connectivity index (χ2v) is 4.16. The molecule has 1 aliphatic carbocycles. The Morgan fingerprint density at radius 2 is 2.33 bits per heavy atom. The summed E-state index contributed by atoms with van der Waals surface area (Å²) >= 11 is 0. The zero-order valence-electron chi connectivity index (χ0n) is 8.61. The Morgan fingerprint density at radius 1 is 1.67 bits per heavy atom. The third-order valence-corrected chi connectivity index (χ3v) is 2.70. The molecule has 1 aromatic heterocycles. The normalized spacial score (nSPS) is 17.7. The van der Waals surface area contributed by atoms with Gasteiger partial charge in [-0.25, -0.2) is 4.39 Å². The number of halogens is 1. The maximum atomic E-state index is 13.2. The predicted octanol–water partition coefficient (Wildman–Crippen LogP) is 1.99. The number of nitrogens with zero attached hydrogens (tertiary/aromatic N) is 1. The van der Waals surface area contributed by atoms with Gasteiger partial charge in [-0.05, 0) is 25.7 Å². The van der Waals surface area contributed by atoms with Crippen LogP contribution in [0.5, 0.6) is 5.75 Å². The van der Waals surface area contributed by atoms with Crippen molar-refractivity contribution in [1.82, 2.24) is 4.57 Å². The van der Waals surface area contributed by atoms with Crippen LogP contribution in [0.2, 0.25) is 0 Å². The third-order valence-electron chi connectivity index (χ3n) is 2.70. The predicted molar refractivity (Wildman–Crippen MR) is 54.6 cm³/mol. The Labute approximate surface area is 87.2 Å². The van der Waals surface area contributed by atoms with Gasteiger partial charge in [0.05, 0.1) is 11.9 Å². The van der Waals surface area contributed by atoms with Gasteiger partial charge in [-0.3, -0.25) is 4.79 Å². The molecule has 0 spiro atoms. The second kappa shape index (κ2) is 3.68. The number of pyridine rings is 1. The van der Waals surface area contributed by atoms with Crippen LogP contribution in [0.3, 0.4) is 0 Å². The van der Waals surface area contributed by atoms with E-state index in [1.165, 1.54) is 19.2 Å². The van der Waals surface area contributed by atoms with Gasteiger partial charge in [0.25, 0.3) is 0 Å². The van der Waals surface area contributed by atoms with Crippen molar-refractivity contribution in [2.45, 2.75) is 32.5 Å². The minimum absolute atomic E-state index is 0.306. The fourth-order valence-electron chi connectivity index (χ4n) is 1.66. The van der Waals surface area contributed by atoms with Crippen LogP contribution in [-0.2, 0) is 6.54 Å². The lowest BCUT2D eigenvalue weighted by Gasteiger charge is -2.14.